The van der Waals surface area contributed by atoms with Crippen molar-refractivity contribution in [3.8, 4) is 0 Å². The molecule has 72 valence electrons. The third-order valence-corrected chi connectivity index (χ3v) is 3.67. The molecular weight excluding hydrogens is 171 g/mol. The Bertz CT molecular complexity index is 114. The molecule has 1 saturated heterocycles. The number of hydrogen-bond donors (Lipinski definition) is 1. The van der Waals surface area contributed by atoms with Gasteiger partial charge in [0, 0.05) is 13.1 Å². The molecule has 1 rings (SSSR count). The molecule has 0 aromatic carbocycles. The van der Waals surface area contributed by atoms with Crippen LogP contribution in [0.3, 0.4) is 0 Å². The number of nitrogens with zero attached hydrogens (tertiary/aromatic N) is 1. The van der Waals surface area contributed by atoms with Crippen LogP contribution in [0.25, 0.3) is 0 Å². The van der Waals surface area contributed by atoms with E-state index < -0.39 is 0 Å². The largest absolute Gasteiger partial charge is 0.370 e. The Kier molecular flexibility index (Phi) is 5.08. The molecule has 0 aromatic heterocycles. The topological polar surface area (TPSA) is 24.5 Å². The maximum Gasteiger partial charge on any atom is 0.0997 e. The first-order valence-corrected chi connectivity index (χ1v) is 5.72. The zero-order chi connectivity index (χ0) is 8.81. The van der Waals surface area contributed by atoms with Crippen molar-refractivity contribution in [3.05, 3.63) is 0 Å². The van der Waals surface area contributed by atoms with Gasteiger partial charge in [-0.15, -0.1) is 0 Å². The summed E-state index contributed by atoms with van der Waals surface area (Å²) in [5.41, 5.74) is 0. The summed E-state index contributed by atoms with van der Waals surface area (Å²) in [7, 11) is 0.821. The first kappa shape index (κ1) is 10.4. The van der Waals surface area contributed by atoms with Crippen LogP contribution in [0.15, 0.2) is 0 Å². The van der Waals surface area contributed by atoms with E-state index >= 15 is 0 Å². The second kappa shape index (κ2) is 5.87. The Morgan fingerprint density at radius 1 is 1.50 bits per heavy atom. The van der Waals surface area contributed by atoms with Gasteiger partial charge in [0.05, 0.1) is 12.5 Å². The Hall–Kier alpha value is 0.310. The fourth-order valence-corrected chi connectivity index (χ4v) is 2.46. The van der Waals surface area contributed by atoms with Gasteiger partial charge in [0.25, 0.3) is 0 Å². The molecule has 0 bridgehead atoms. The van der Waals surface area contributed by atoms with Gasteiger partial charge in [-0.25, -0.2) is 0 Å². The molecule has 1 fully saturated rings. The lowest BCUT2D eigenvalue weighted by atomic mass is 10.5. The fraction of sp³-hybridized carbons (Fsp3) is 1.00. The molecule has 1 heterocycles. The third kappa shape index (κ3) is 3.36. The minimum atomic E-state index is 0.429. The van der Waals surface area contributed by atoms with E-state index in [0.717, 1.165) is 41.5 Å². The van der Waals surface area contributed by atoms with Crippen molar-refractivity contribution in [1.82, 2.24) is 9.99 Å². The molecule has 3 nitrogen and oxygen atoms in total. The molecule has 2 atom stereocenters. The van der Waals surface area contributed by atoms with Crippen LogP contribution < -0.4 is 5.32 Å². The van der Waals surface area contributed by atoms with Crippen LogP contribution in [0.1, 0.15) is 13.8 Å². The lowest BCUT2D eigenvalue weighted by Crippen LogP contribution is -2.37. The highest BCUT2D eigenvalue weighted by Gasteiger charge is 2.15. The summed E-state index contributed by atoms with van der Waals surface area (Å²) < 4.78 is 8.05. The van der Waals surface area contributed by atoms with E-state index in [4.69, 9.17) is 4.74 Å². The van der Waals surface area contributed by atoms with Gasteiger partial charge >= 0.3 is 0 Å². The smallest absolute Gasteiger partial charge is 0.0997 e. The van der Waals surface area contributed by atoms with E-state index in [1.807, 2.05) is 0 Å². The second-order valence-corrected chi connectivity index (χ2v) is 4.40. The van der Waals surface area contributed by atoms with E-state index in [9.17, 15) is 0 Å². The van der Waals surface area contributed by atoms with E-state index in [1.54, 1.807) is 0 Å². The zero-order valence-electron chi connectivity index (χ0n) is 7.97. The van der Waals surface area contributed by atoms with E-state index in [1.165, 1.54) is 0 Å². The molecule has 0 radical (unpaired) electrons. The normalized spacial score (nSPS) is 25.8. The van der Waals surface area contributed by atoms with Crippen molar-refractivity contribution < 1.29 is 4.74 Å². The van der Waals surface area contributed by atoms with Gasteiger partial charge in [0.15, 0.2) is 0 Å². The van der Waals surface area contributed by atoms with Crippen molar-refractivity contribution >= 4 is 8.73 Å². The third-order valence-electron chi connectivity index (χ3n) is 2.02. The highest BCUT2D eigenvalue weighted by Crippen LogP contribution is 2.25. The number of morpholine rings is 1. The Labute approximate surface area is 76.7 Å². The van der Waals surface area contributed by atoms with Gasteiger partial charge in [0.2, 0.25) is 0 Å². The molecule has 0 aliphatic carbocycles. The lowest BCUT2D eigenvalue weighted by Gasteiger charge is -2.28. The molecule has 0 saturated carbocycles. The van der Waals surface area contributed by atoms with E-state index in [0.29, 0.717) is 5.85 Å². The van der Waals surface area contributed by atoms with Crippen LogP contribution in [-0.2, 0) is 4.74 Å². The zero-order valence-corrected chi connectivity index (χ0v) is 8.97. The molecule has 1 aliphatic rings. The van der Waals surface area contributed by atoms with Gasteiger partial charge in [-0.3, -0.25) is 4.67 Å². The summed E-state index contributed by atoms with van der Waals surface area (Å²) in [5.74, 6) is 0.429. The predicted molar refractivity (Wildman–Crippen MR) is 53.8 cm³/mol. The molecular formula is C8H19N2OP. The Balaban J connectivity index is 2.18. The van der Waals surface area contributed by atoms with Gasteiger partial charge in [0.1, 0.15) is 0 Å². The Morgan fingerprint density at radius 2 is 2.25 bits per heavy atom. The summed E-state index contributed by atoms with van der Waals surface area (Å²) in [6.45, 7) is 9.58. The average molecular weight is 190 g/mol. The maximum atomic E-state index is 5.62. The quantitative estimate of drug-likeness (QED) is 0.666. The summed E-state index contributed by atoms with van der Waals surface area (Å²) in [6, 6.07) is 0. The van der Waals surface area contributed by atoms with Crippen LogP contribution >= 0.6 is 8.73 Å². The fourth-order valence-electron chi connectivity index (χ4n) is 1.26. The van der Waals surface area contributed by atoms with Crippen LogP contribution in [-0.4, -0.2) is 43.3 Å². The van der Waals surface area contributed by atoms with Crippen LogP contribution in [0, 0.1) is 0 Å². The van der Waals surface area contributed by atoms with Gasteiger partial charge in [-0.05, 0) is 21.8 Å². The summed E-state index contributed by atoms with van der Waals surface area (Å²) in [5, 5.41) is 3.34. The Morgan fingerprint density at radius 3 is 2.75 bits per heavy atom. The molecule has 0 amide bonds. The second-order valence-electron chi connectivity index (χ2n) is 2.86. The number of ether oxygens (including phenoxy) is 1. The number of hydrogen-bond acceptors (Lipinski definition) is 3. The van der Waals surface area contributed by atoms with Crippen molar-refractivity contribution in [3.63, 3.8) is 0 Å². The van der Waals surface area contributed by atoms with Crippen LogP contribution in [0.5, 0.6) is 0 Å². The monoisotopic (exact) mass is 190 g/mol. The first-order chi connectivity index (χ1) is 5.86. The maximum absolute atomic E-state index is 5.62. The van der Waals surface area contributed by atoms with Crippen molar-refractivity contribution in [2.75, 3.05) is 32.8 Å². The number of nitrogens with one attached hydrogen (secondary N) is 1. The molecule has 0 aromatic rings. The van der Waals surface area contributed by atoms with Gasteiger partial charge in [-0.1, -0.05) is 13.8 Å². The van der Waals surface area contributed by atoms with Gasteiger partial charge < -0.3 is 10.1 Å². The van der Waals surface area contributed by atoms with E-state index in [2.05, 4.69) is 23.8 Å². The number of rotatable bonds is 4. The molecule has 1 aliphatic heterocycles. The van der Waals surface area contributed by atoms with Crippen LogP contribution in [0.4, 0.5) is 0 Å². The molecule has 12 heavy (non-hydrogen) atoms. The molecule has 2 unspecified atom stereocenters. The van der Waals surface area contributed by atoms with Crippen molar-refractivity contribution in [2.24, 2.45) is 0 Å². The van der Waals surface area contributed by atoms with Crippen LogP contribution in [0.2, 0.25) is 0 Å². The van der Waals surface area contributed by atoms with Gasteiger partial charge in [-0.2, -0.15) is 0 Å². The standard InChI is InChI=1S/C8H19N2OP/c1-3-10(4-2)12-8-7-9-5-6-11-8/h8-9,12H,3-7H2,1-2H3. The molecule has 1 N–H and O–H groups in total. The summed E-state index contributed by atoms with van der Waals surface area (Å²) >= 11 is 0. The predicted octanol–water partition coefficient (Wildman–Crippen LogP) is 0.868. The lowest BCUT2D eigenvalue weighted by molar-refractivity contribution is 0.0801. The SMILES string of the molecule is CCN(CC)PC1CNCCO1. The summed E-state index contributed by atoms with van der Waals surface area (Å²) in [4.78, 5) is 0. The molecule has 0 spiro atoms. The molecule has 4 heteroatoms. The van der Waals surface area contributed by atoms with E-state index in [-0.39, 0.29) is 0 Å². The van der Waals surface area contributed by atoms with Crippen molar-refractivity contribution in [1.29, 1.82) is 0 Å². The average Bonchev–Trinajstić information content (AvgIpc) is 2.16. The van der Waals surface area contributed by atoms with Crippen molar-refractivity contribution in [2.45, 2.75) is 19.7 Å². The summed E-state index contributed by atoms with van der Waals surface area (Å²) in [6.07, 6.45) is 0. The highest BCUT2D eigenvalue weighted by molar-refractivity contribution is 7.35. The first-order valence-electron chi connectivity index (χ1n) is 4.70. The minimum absolute atomic E-state index is 0.429. The minimum Gasteiger partial charge on any atom is -0.370 e. The highest BCUT2D eigenvalue weighted by atomic mass is 31.1.